The van der Waals surface area contributed by atoms with E-state index in [0.717, 1.165) is 11.3 Å². The average molecular weight is 251 g/mol. The highest BCUT2D eigenvalue weighted by Crippen LogP contribution is 2.31. The van der Waals surface area contributed by atoms with Crippen molar-refractivity contribution in [1.82, 2.24) is 0 Å². The van der Waals surface area contributed by atoms with Gasteiger partial charge in [0.1, 0.15) is 5.76 Å². The maximum Gasteiger partial charge on any atom is 0.101 e. The van der Waals surface area contributed by atoms with Crippen molar-refractivity contribution < 1.29 is 4.42 Å². The van der Waals surface area contributed by atoms with Crippen LogP contribution in [0.5, 0.6) is 0 Å². The molecule has 0 spiro atoms. The summed E-state index contributed by atoms with van der Waals surface area (Å²) in [7, 11) is 0. The maximum absolute atomic E-state index is 5.28. The Kier molecular flexibility index (Phi) is 2.73. The van der Waals surface area contributed by atoms with Crippen LogP contribution in [0.2, 0.25) is 0 Å². The highest BCUT2D eigenvalue weighted by atomic mass is 79.9. The molecule has 1 heterocycles. The molecule has 0 amide bonds. The Labute approximate surface area is 91.9 Å². The Morgan fingerprint density at radius 3 is 2.43 bits per heavy atom. The molecule has 0 fully saturated rings. The Morgan fingerprint density at radius 2 is 1.86 bits per heavy atom. The first kappa shape index (κ1) is 9.53. The highest BCUT2D eigenvalue weighted by molar-refractivity contribution is 9.09. The fourth-order valence-corrected chi connectivity index (χ4v) is 1.96. The minimum absolute atomic E-state index is 0.223. The van der Waals surface area contributed by atoms with Gasteiger partial charge in [0.2, 0.25) is 0 Å². The molecule has 2 heteroatoms. The fourth-order valence-electron chi connectivity index (χ4n) is 1.41. The zero-order chi connectivity index (χ0) is 9.97. The molecule has 1 nitrogen and oxygen atoms in total. The molecule has 0 saturated heterocycles. The van der Waals surface area contributed by atoms with Crippen LogP contribution in [0.3, 0.4) is 0 Å². The second-order valence-electron chi connectivity index (χ2n) is 3.26. The standard InChI is InChI=1S/C12H11BrO/c1-9-7-11(8-14-9)12(13)10-5-3-2-4-6-10/h2-8,12H,1H3. The lowest BCUT2D eigenvalue weighted by Crippen LogP contribution is -1.89. The number of aryl methyl sites for hydroxylation is 1. The van der Waals surface area contributed by atoms with Gasteiger partial charge in [-0.1, -0.05) is 46.3 Å². The molecule has 2 aromatic rings. The first-order chi connectivity index (χ1) is 6.77. The van der Waals surface area contributed by atoms with Gasteiger partial charge >= 0.3 is 0 Å². The van der Waals surface area contributed by atoms with Crippen molar-refractivity contribution in [2.45, 2.75) is 11.8 Å². The molecule has 0 saturated carbocycles. The number of rotatable bonds is 2. The molecule has 72 valence electrons. The van der Waals surface area contributed by atoms with Crippen molar-refractivity contribution in [3.8, 4) is 0 Å². The Hall–Kier alpha value is -1.02. The van der Waals surface area contributed by atoms with Gasteiger partial charge in [-0.25, -0.2) is 0 Å². The second kappa shape index (κ2) is 4.01. The number of hydrogen-bond acceptors (Lipinski definition) is 1. The summed E-state index contributed by atoms with van der Waals surface area (Å²) in [5, 5.41) is 0. The van der Waals surface area contributed by atoms with Gasteiger partial charge in [-0.2, -0.15) is 0 Å². The van der Waals surface area contributed by atoms with Crippen LogP contribution in [0.4, 0.5) is 0 Å². The molecule has 14 heavy (non-hydrogen) atoms. The lowest BCUT2D eigenvalue weighted by molar-refractivity contribution is 0.532. The number of halogens is 1. The van der Waals surface area contributed by atoms with Gasteiger partial charge in [-0.05, 0) is 18.6 Å². The van der Waals surface area contributed by atoms with E-state index in [0.29, 0.717) is 0 Å². The van der Waals surface area contributed by atoms with Gasteiger partial charge in [-0.15, -0.1) is 0 Å². The van der Waals surface area contributed by atoms with E-state index >= 15 is 0 Å². The van der Waals surface area contributed by atoms with Crippen LogP contribution < -0.4 is 0 Å². The molecule has 0 aliphatic carbocycles. The van der Waals surface area contributed by atoms with E-state index in [1.165, 1.54) is 5.56 Å². The molecule has 2 rings (SSSR count). The van der Waals surface area contributed by atoms with Crippen molar-refractivity contribution in [1.29, 1.82) is 0 Å². The molecule has 1 unspecified atom stereocenters. The molecule has 0 aliphatic rings. The predicted octanol–water partition coefficient (Wildman–Crippen LogP) is 4.07. The first-order valence-corrected chi connectivity index (χ1v) is 5.43. The minimum Gasteiger partial charge on any atom is -0.469 e. The monoisotopic (exact) mass is 250 g/mol. The second-order valence-corrected chi connectivity index (χ2v) is 4.18. The topological polar surface area (TPSA) is 13.1 Å². The van der Waals surface area contributed by atoms with Crippen LogP contribution in [-0.4, -0.2) is 0 Å². The average Bonchev–Trinajstić information content (AvgIpc) is 2.65. The van der Waals surface area contributed by atoms with Crippen LogP contribution in [0, 0.1) is 6.92 Å². The van der Waals surface area contributed by atoms with Gasteiger partial charge in [-0.3, -0.25) is 0 Å². The number of hydrogen-bond donors (Lipinski definition) is 0. The van der Waals surface area contributed by atoms with Gasteiger partial charge < -0.3 is 4.42 Å². The minimum atomic E-state index is 0.223. The lowest BCUT2D eigenvalue weighted by Gasteiger charge is -2.06. The molecule has 0 aliphatic heterocycles. The summed E-state index contributed by atoms with van der Waals surface area (Å²) in [6.45, 7) is 1.95. The molecule has 1 aromatic heterocycles. The van der Waals surface area contributed by atoms with Gasteiger partial charge in [0.15, 0.2) is 0 Å². The number of alkyl halides is 1. The SMILES string of the molecule is Cc1cc(C(Br)c2ccccc2)co1. The van der Waals surface area contributed by atoms with E-state index in [9.17, 15) is 0 Å². The number of benzene rings is 1. The summed E-state index contributed by atoms with van der Waals surface area (Å²) in [6, 6.07) is 12.3. The van der Waals surface area contributed by atoms with E-state index in [1.54, 1.807) is 6.26 Å². The van der Waals surface area contributed by atoms with Crippen molar-refractivity contribution >= 4 is 15.9 Å². The predicted molar refractivity (Wildman–Crippen MR) is 60.7 cm³/mol. The van der Waals surface area contributed by atoms with Gasteiger partial charge in [0.05, 0.1) is 11.1 Å². The van der Waals surface area contributed by atoms with E-state index in [4.69, 9.17) is 4.42 Å². The molecule has 0 N–H and O–H groups in total. The van der Waals surface area contributed by atoms with E-state index in [1.807, 2.05) is 31.2 Å². The molecule has 0 bridgehead atoms. The summed E-state index contributed by atoms with van der Waals surface area (Å²) in [5.74, 6) is 0.945. The van der Waals surface area contributed by atoms with Crippen LogP contribution in [-0.2, 0) is 0 Å². The molecular weight excluding hydrogens is 240 g/mol. The highest BCUT2D eigenvalue weighted by Gasteiger charge is 2.11. The van der Waals surface area contributed by atoms with Crippen molar-refractivity contribution in [3.63, 3.8) is 0 Å². The van der Waals surface area contributed by atoms with Crippen LogP contribution in [0.15, 0.2) is 47.1 Å². The summed E-state index contributed by atoms with van der Waals surface area (Å²) < 4.78 is 5.28. The van der Waals surface area contributed by atoms with E-state index in [2.05, 4.69) is 28.1 Å². The lowest BCUT2D eigenvalue weighted by atomic mass is 10.1. The largest absolute Gasteiger partial charge is 0.469 e. The molecule has 0 radical (unpaired) electrons. The van der Waals surface area contributed by atoms with Crippen LogP contribution >= 0.6 is 15.9 Å². The third-order valence-electron chi connectivity index (χ3n) is 2.14. The molecule has 1 atom stereocenters. The van der Waals surface area contributed by atoms with E-state index < -0.39 is 0 Å². The maximum atomic E-state index is 5.28. The Morgan fingerprint density at radius 1 is 1.14 bits per heavy atom. The summed E-state index contributed by atoms with van der Waals surface area (Å²) in [4.78, 5) is 0.223. The van der Waals surface area contributed by atoms with Crippen molar-refractivity contribution in [3.05, 3.63) is 59.5 Å². The summed E-state index contributed by atoms with van der Waals surface area (Å²) in [6.07, 6.45) is 1.79. The smallest absolute Gasteiger partial charge is 0.101 e. The zero-order valence-electron chi connectivity index (χ0n) is 7.91. The third-order valence-corrected chi connectivity index (χ3v) is 3.19. The number of furan rings is 1. The van der Waals surface area contributed by atoms with E-state index in [-0.39, 0.29) is 4.83 Å². The van der Waals surface area contributed by atoms with Crippen molar-refractivity contribution in [2.24, 2.45) is 0 Å². The molecular formula is C12H11BrO. The Bertz CT molecular complexity index is 405. The summed E-state index contributed by atoms with van der Waals surface area (Å²) >= 11 is 3.65. The fraction of sp³-hybridized carbons (Fsp3) is 0.167. The van der Waals surface area contributed by atoms with Gasteiger partial charge in [0, 0.05) is 5.56 Å². The Balaban J connectivity index is 2.29. The van der Waals surface area contributed by atoms with Crippen LogP contribution in [0.1, 0.15) is 21.7 Å². The molecule has 1 aromatic carbocycles. The normalized spacial score (nSPS) is 12.7. The third kappa shape index (κ3) is 1.90. The summed E-state index contributed by atoms with van der Waals surface area (Å²) in [5.41, 5.74) is 2.40. The van der Waals surface area contributed by atoms with Crippen LogP contribution in [0.25, 0.3) is 0 Å². The first-order valence-electron chi connectivity index (χ1n) is 4.51. The quantitative estimate of drug-likeness (QED) is 0.733. The zero-order valence-corrected chi connectivity index (χ0v) is 9.49. The van der Waals surface area contributed by atoms with Gasteiger partial charge in [0.25, 0.3) is 0 Å². The van der Waals surface area contributed by atoms with Crippen molar-refractivity contribution in [2.75, 3.05) is 0 Å².